The van der Waals surface area contributed by atoms with E-state index in [1.54, 1.807) is 12.1 Å². The standard InChI is InChI=1S/C18H17F4N3O2S/c19-14-16(15(20)18(22)23-17(14)21)24-6-8-25(9-7-24)28(26,27)13-5-4-11-2-1-3-12(11)10-13/h4-5,10H,1-3,6-9H2. The number of hydrogen-bond donors (Lipinski definition) is 0. The lowest BCUT2D eigenvalue weighted by atomic mass is 10.1. The number of sulfonamides is 1. The van der Waals surface area contributed by atoms with Crippen LogP contribution in [0.4, 0.5) is 23.2 Å². The van der Waals surface area contributed by atoms with Crippen LogP contribution in [0.1, 0.15) is 17.5 Å². The molecule has 28 heavy (non-hydrogen) atoms. The number of aryl methyl sites for hydroxylation is 2. The van der Waals surface area contributed by atoms with Gasteiger partial charge in [0, 0.05) is 26.2 Å². The van der Waals surface area contributed by atoms with Crippen molar-refractivity contribution in [3.63, 3.8) is 0 Å². The first-order chi connectivity index (χ1) is 13.3. The van der Waals surface area contributed by atoms with Crippen molar-refractivity contribution in [3.8, 4) is 0 Å². The molecule has 10 heteroatoms. The first-order valence-corrected chi connectivity index (χ1v) is 10.3. The van der Waals surface area contributed by atoms with Crippen LogP contribution in [0.15, 0.2) is 23.1 Å². The van der Waals surface area contributed by atoms with Crippen LogP contribution in [-0.2, 0) is 22.9 Å². The predicted octanol–water partition coefficient (Wildman–Crippen LogP) is 2.64. The highest BCUT2D eigenvalue weighted by Gasteiger charge is 2.33. The van der Waals surface area contributed by atoms with Gasteiger partial charge in [-0.05, 0) is 42.5 Å². The molecule has 0 saturated carbocycles. The summed E-state index contributed by atoms with van der Waals surface area (Å²) in [5.74, 6) is -6.65. The summed E-state index contributed by atoms with van der Waals surface area (Å²) in [6.45, 7) is -0.352. The van der Waals surface area contributed by atoms with Crippen LogP contribution in [0.2, 0.25) is 0 Å². The molecule has 0 bridgehead atoms. The van der Waals surface area contributed by atoms with Gasteiger partial charge in [0.1, 0.15) is 5.69 Å². The van der Waals surface area contributed by atoms with Gasteiger partial charge in [0.15, 0.2) is 0 Å². The first kappa shape index (κ1) is 19.1. The fraction of sp³-hybridized carbons (Fsp3) is 0.389. The number of halogens is 4. The molecule has 150 valence electrons. The number of rotatable bonds is 3. The average Bonchev–Trinajstić information content (AvgIpc) is 3.15. The van der Waals surface area contributed by atoms with Crippen molar-refractivity contribution in [2.75, 3.05) is 31.1 Å². The van der Waals surface area contributed by atoms with Gasteiger partial charge >= 0.3 is 0 Å². The molecule has 1 fully saturated rings. The lowest BCUT2D eigenvalue weighted by molar-refractivity contribution is 0.369. The van der Waals surface area contributed by atoms with Crippen LogP contribution in [0, 0.1) is 23.5 Å². The fourth-order valence-electron chi connectivity index (χ4n) is 3.76. The molecule has 2 aromatic rings. The average molecular weight is 415 g/mol. The molecule has 2 aliphatic rings. The molecule has 5 nitrogen and oxygen atoms in total. The first-order valence-electron chi connectivity index (χ1n) is 8.86. The SMILES string of the molecule is O=S(=O)(c1ccc2c(c1)CCC2)N1CCN(c2c(F)c(F)nc(F)c2F)CC1. The van der Waals surface area contributed by atoms with Gasteiger partial charge in [-0.3, -0.25) is 0 Å². The van der Waals surface area contributed by atoms with Crippen molar-refractivity contribution in [1.29, 1.82) is 0 Å². The third kappa shape index (κ3) is 3.14. The Hall–Kier alpha value is -2.20. The second kappa shape index (κ2) is 7.00. The van der Waals surface area contributed by atoms with Crippen LogP contribution < -0.4 is 4.90 Å². The number of hydrogen-bond acceptors (Lipinski definition) is 4. The van der Waals surface area contributed by atoms with Crippen LogP contribution >= 0.6 is 0 Å². The zero-order valence-corrected chi connectivity index (χ0v) is 15.6. The molecule has 1 saturated heterocycles. The molecule has 0 amide bonds. The highest BCUT2D eigenvalue weighted by Crippen LogP contribution is 2.30. The molecular formula is C18H17F4N3O2S. The Morgan fingerprint density at radius 1 is 0.857 bits per heavy atom. The Morgan fingerprint density at radius 2 is 1.46 bits per heavy atom. The fourth-order valence-corrected chi connectivity index (χ4v) is 5.24. The minimum Gasteiger partial charge on any atom is -0.364 e. The molecule has 0 spiro atoms. The normalized spacial score (nSPS) is 17.8. The van der Waals surface area contributed by atoms with E-state index in [1.165, 1.54) is 4.31 Å². The van der Waals surface area contributed by atoms with Gasteiger partial charge in [-0.15, -0.1) is 0 Å². The molecule has 1 aliphatic carbocycles. The summed E-state index contributed by atoms with van der Waals surface area (Å²) in [6, 6.07) is 5.06. The zero-order chi connectivity index (χ0) is 20.1. The molecule has 2 heterocycles. The minimum absolute atomic E-state index is 0.0656. The maximum Gasteiger partial charge on any atom is 0.253 e. The van der Waals surface area contributed by atoms with Crippen LogP contribution in [0.5, 0.6) is 0 Å². The Bertz CT molecular complexity index is 1010. The smallest absolute Gasteiger partial charge is 0.253 e. The van der Waals surface area contributed by atoms with Gasteiger partial charge in [-0.25, -0.2) is 8.42 Å². The van der Waals surface area contributed by atoms with E-state index in [0.717, 1.165) is 35.3 Å². The largest absolute Gasteiger partial charge is 0.364 e. The molecule has 1 aromatic carbocycles. The predicted molar refractivity (Wildman–Crippen MR) is 93.5 cm³/mol. The monoisotopic (exact) mass is 415 g/mol. The second-order valence-electron chi connectivity index (χ2n) is 6.85. The molecular weight excluding hydrogens is 398 g/mol. The molecule has 0 radical (unpaired) electrons. The van der Waals surface area contributed by atoms with E-state index in [2.05, 4.69) is 4.98 Å². The van der Waals surface area contributed by atoms with E-state index in [0.29, 0.717) is 0 Å². The number of aromatic nitrogens is 1. The number of fused-ring (bicyclic) bond motifs is 1. The third-order valence-corrected chi connectivity index (χ3v) is 7.13. The van der Waals surface area contributed by atoms with E-state index in [4.69, 9.17) is 0 Å². The summed E-state index contributed by atoms with van der Waals surface area (Å²) < 4.78 is 81.6. The van der Waals surface area contributed by atoms with Gasteiger partial charge in [0.2, 0.25) is 21.7 Å². The number of anilines is 1. The van der Waals surface area contributed by atoms with E-state index in [-0.39, 0.29) is 31.1 Å². The molecule has 0 N–H and O–H groups in total. The van der Waals surface area contributed by atoms with E-state index < -0.39 is 39.2 Å². The molecule has 0 atom stereocenters. The van der Waals surface area contributed by atoms with E-state index in [1.807, 2.05) is 6.07 Å². The van der Waals surface area contributed by atoms with Gasteiger partial charge in [0.25, 0.3) is 11.9 Å². The quantitative estimate of drug-likeness (QED) is 0.571. The summed E-state index contributed by atoms with van der Waals surface area (Å²) in [4.78, 5) is 3.81. The summed E-state index contributed by atoms with van der Waals surface area (Å²) in [7, 11) is -3.77. The zero-order valence-electron chi connectivity index (χ0n) is 14.8. The lowest BCUT2D eigenvalue weighted by Gasteiger charge is -2.35. The van der Waals surface area contributed by atoms with Crippen molar-refractivity contribution >= 4 is 15.7 Å². The summed E-state index contributed by atoms with van der Waals surface area (Å²) >= 11 is 0. The maximum absolute atomic E-state index is 13.9. The summed E-state index contributed by atoms with van der Waals surface area (Å²) in [5, 5.41) is 0. The Morgan fingerprint density at radius 3 is 2.11 bits per heavy atom. The highest BCUT2D eigenvalue weighted by molar-refractivity contribution is 7.89. The van der Waals surface area contributed by atoms with Crippen molar-refractivity contribution < 1.29 is 26.0 Å². The van der Waals surface area contributed by atoms with Gasteiger partial charge in [0.05, 0.1) is 4.90 Å². The van der Waals surface area contributed by atoms with Crippen LogP contribution in [0.25, 0.3) is 0 Å². The number of benzene rings is 1. The van der Waals surface area contributed by atoms with Crippen molar-refractivity contribution in [2.24, 2.45) is 0 Å². The molecule has 1 aliphatic heterocycles. The Kier molecular flexibility index (Phi) is 4.78. The molecule has 0 unspecified atom stereocenters. The summed E-state index contributed by atoms with van der Waals surface area (Å²) in [5.41, 5.74) is 1.31. The Labute approximate surface area is 159 Å². The maximum atomic E-state index is 13.9. The lowest BCUT2D eigenvalue weighted by Crippen LogP contribution is -2.49. The Balaban J connectivity index is 1.55. The van der Waals surface area contributed by atoms with E-state index >= 15 is 0 Å². The van der Waals surface area contributed by atoms with Crippen molar-refractivity contribution in [2.45, 2.75) is 24.2 Å². The van der Waals surface area contributed by atoms with Crippen molar-refractivity contribution in [1.82, 2.24) is 9.29 Å². The van der Waals surface area contributed by atoms with Gasteiger partial charge in [-0.1, -0.05) is 6.07 Å². The minimum atomic E-state index is -3.77. The van der Waals surface area contributed by atoms with Gasteiger partial charge < -0.3 is 4.90 Å². The highest BCUT2D eigenvalue weighted by atomic mass is 32.2. The summed E-state index contributed by atoms with van der Waals surface area (Å²) in [6.07, 6.45) is 2.77. The second-order valence-corrected chi connectivity index (χ2v) is 8.78. The van der Waals surface area contributed by atoms with Crippen LogP contribution in [0.3, 0.4) is 0 Å². The van der Waals surface area contributed by atoms with Gasteiger partial charge in [-0.2, -0.15) is 26.9 Å². The third-order valence-electron chi connectivity index (χ3n) is 5.24. The van der Waals surface area contributed by atoms with Crippen molar-refractivity contribution in [3.05, 3.63) is 52.9 Å². The van der Waals surface area contributed by atoms with E-state index in [9.17, 15) is 26.0 Å². The molecule has 4 rings (SSSR count). The number of piperazine rings is 1. The topological polar surface area (TPSA) is 53.5 Å². The van der Waals surface area contributed by atoms with Crippen LogP contribution in [-0.4, -0.2) is 43.9 Å². The molecule has 1 aromatic heterocycles. The number of pyridine rings is 1. The number of nitrogens with zero attached hydrogens (tertiary/aromatic N) is 3.